The summed E-state index contributed by atoms with van der Waals surface area (Å²) in [6.45, 7) is 9.86. The van der Waals surface area contributed by atoms with Gasteiger partial charge in [0.15, 0.2) is 0 Å². The molecule has 0 aliphatic rings. The molecule has 0 atom stereocenters. The fraction of sp³-hybridized carbons (Fsp3) is 0. The van der Waals surface area contributed by atoms with Crippen LogP contribution in [-0.2, 0) is 0 Å². The molecule has 0 aliphatic heterocycles. The molecule has 0 fully saturated rings. The van der Waals surface area contributed by atoms with E-state index in [4.69, 9.17) is 8.22 Å². The van der Waals surface area contributed by atoms with Gasteiger partial charge in [-0.05, 0) is 72.7 Å². The zero-order chi connectivity index (χ0) is 70.4. The first kappa shape index (κ1) is 24.2. The summed E-state index contributed by atoms with van der Waals surface area (Å²) in [7, 11) is 0. The topological polar surface area (TPSA) is 52.8 Å². The van der Waals surface area contributed by atoms with Crippen molar-refractivity contribution in [1.82, 2.24) is 22.8 Å². The van der Waals surface area contributed by atoms with Crippen molar-refractivity contribution < 1.29 is 32.9 Å². The molecular formula is C68H39N7. The molecule has 0 bridgehead atoms. The number of hydrogen-bond acceptors (Lipinski definition) is 1. The lowest BCUT2D eigenvalue weighted by molar-refractivity contribution is 1.03. The number of rotatable bonds is 5. The summed E-state index contributed by atoms with van der Waals surface area (Å²) in [5.41, 5.74) is -6.22. The van der Waals surface area contributed by atoms with Gasteiger partial charge < -0.3 is 22.8 Å². The third-order valence-electron chi connectivity index (χ3n) is 14.1. The van der Waals surface area contributed by atoms with Gasteiger partial charge in [0.25, 0.3) is 0 Å². The van der Waals surface area contributed by atoms with Crippen LogP contribution in [0.25, 0.3) is 142 Å². The maximum atomic E-state index is 12.9. The molecule has 5 heterocycles. The van der Waals surface area contributed by atoms with Crippen molar-refractivity contribution in [3.05, 3.63) is 253 Å². The molecule has 16 rings (SSSR count). The van der Waals surface area contributed by atoms with E-state index < -0.39 is 244 Å². The third kappa shape index (κ3) is 5.40. The van der Waals surface area contributed by atoms with Crippen LogP contribution in [0, 0.1) is 17.9 Å². The maximum Gasteiger partial charge on any atom is 0.237 e. The molecule has 0 radical (unpaired) electrons. The molecule has 346 valence electrons. The highest BCUT2D eigenvalue weighted by Gasteiger charge is 2.35. The number of para-hydroxylation sites is 9. The minimum absolute atomic E-state index is 0.167. The second-order valence-corrected chi connectivity index (χ2v) is 17.6. The standard InChI is InChI=1S/C68H39N7/c1-70-64-65(72-52-31-13-5-23-43(52)44-24-6-14-32-53(44)72)51(41-69)66(73-54-33-15-7-25-45(54)46-26-8-16-34-55(46)73)68(67(64)74-56-35-17-9-27-47(56)48-28-10-18-36-57(48)74)75-59-38-20-12-30-50(59)63-61(75)40-39-60-62(63)49-29-11-19-37-58(49)71(60)42-21-3-2-4-22-42/h2-40H/i5D,6D,7D,8D,9D,10D,13D,14D,15D,16D,17D,18D,23D,24D,25D,26D,27D,28D,31D,32D,33D,34D,35D,36D. The van der Waals surface area contributed by atoms with E-state index in [0.29, 0.717) is 27.1 Å². The summed E-state index contributed by atoms with van der Waals surface area (Å²) in [5, 5.41) is 11.7. The summed E-state index contributed by atoms with van der Waals surface area (Å²) >= 11 is 0. The zero-order valence-electron chi connectivity index (χ0n) is 62.3. The predicted octanol–water partition coefficient (Wildman–Crippen LogP) is 17.6. The fourth-order valence-electron chi connectivity index (χ4n) is 11.3. The van der Waals surface area contributed by atoms with Crippen molar-refractivity contribution >= 4 is 115 Å². The van der Waals surface area contributed by atoms with Crippen molar-refractivity contribution in [1.29, 1.82) is 5.26 Å². The highest BCUT2D eigenvalue weighted by molar-refractivity contribution is 6.29. The molecular weight excluding hydrogens is 915 g/mol. The normalized spacial score (nSPS) is 16.5. The Labute approximate surface area is 462 Å². The van der Waals surface area contributed by atoms with E-state index in [1.165, 1.54) is 4.57 Å². The Morgan fingerprint density at radius 3 is 1.11 bits per heavy atom. The smallest absolute Gasteiger partial charge is 0.237 e. The highest BCUT2D eigenvalue weighted by atomic mass is 15.1. The van der Waals surface area contributed by atoms with Crippen LogP contribution in [0.5, 0.6) is 0 Å². The zero-order valence-corrected chi connectivity index (χ0v) is 38.3. The molecule has 0 aliphatic carbocycles. The largest absolute Gasteiger partial charge is 0.318 e. The first-order valence-electron chi connectivity index (χ1n) is 35.3. The Kier molecular flexibility index (Phi) is 4.99. The quantitative estimate of drug-likeness (QED) is 0.159. The number of fused-ring (bicyclic) bond motifs is 16. The number of hydrogen-bond donors (Lipinski definition) is 0. The number of nitrogens with zero attached hydrogens (tertiary/aromatic N) is 7. The van der Waals surface area contributed by atoms with Crippen molar-refractivity contribution in [2.45, 2.75) is 0 Å². The average Bonchev–Trinajstić information content (AvgIpc) is 1.54. The molecule has 7 nitrogen and oxygen atoms in total. The van der Waals surface area contributed by atoms with Gasteiger partial charge in [-0.1, -0.05) is 163 Å². The van der Waals surface area contributed by atoms with Crippen molar-refractivity contribution in [2.24, 2.45) is 0 Å². The van der Waals surface area contributed by atoms with Gasteiger partial charge in [-0.15, -0.1) is 0 Å². The van der Waals surface area contributed by atoms with E-state index in [1.807, 2.05) is 59.2 Å². The van der Waals surface area contributed by atoms with E-state index >= 15 is 0 Å². The highest BCUT2D eigenvalue weighted by Crippen LogP contribution is 2.52. The lowest BCUT2D eigenvalue weighted by Crippen LogP contribution is -2.14. The van der Waals surface area contributed by atoms with E-state index in [1.54, 1.807) is 36.4 Å². The van der Waals surface area contributed by atoms with Crippen LogP contribution in [0.2, 0.25) is 0 Å². The van der Waals surface area contributed by atoms with Gasteiger partial charge in [0, 0.05) is 59.5 Å². The maximum absolute atomic E-state index is 12.9. The minimum Gasteiger partial charge on any atom is -0.318 e. The van der Waals surface area contributed by atoms with Gasteiger partial charge in [0.2, 0.25) is 5.69 Å². The number of aromatic nitrogens is 5. The molecule has 0 N–H and O–H groups in total. The molecule has 0 unspecified atom stereocenters. The second kappa shape index (κ2) is 15.5. The van der Waals surface area contributed by atoms with Crippen LogP contribution in [0.3, 0.4) is 0 Å². The Morgan fingerprint density at radius 2 is 0.680 bits per heavy atom. The van der Waals surface area contributed by atoms with E-state index in [9.17, 15) is 36.5 Å². The summed E-state index contributed by atoms with van der Waals surface area (Å²) in [6, 6.07) is 7.59. The summed E-state index contributed by atoms with van der Waals surface area (Å²) in [6.07, 6.45) is 0. The molecule has 75 heavy (non-hydrogen) atoms. The van der Waals surface area contributed by atoms with Crippen LogP contribution < -0.4 is 0 Å². The Hall–Kier alpha value is -10.6. The van der Waals surface area contributed by atoms with Gasteiger partial charge in [0.1, 0.15) is 6.07 Å². The summed E-state index contributed by atoms with van der Waals surface area (Å²) < 4.78 is 234. The molecule has 11 aromatic carbocycles. The lowest BCUT2D eigenvalue weighted by Gasteiger charge is -2.27. The van der Waals surface area contributed by atoms with Crippen LogP contribution >= 0.6 is 0 Å². The third-order valence-corrected chi connectivity index (χ3v) is 14.1. The SMILES string of the molecule is [2H]c1c([2H])c([2H])c2c(c1[2H])c1c([2H])c([2H])c([2H])c([2H])c1n2-c1c(C#N)c(-n2c3c([2H])c([2H])c([2H])c([2H])c3c3c([2H])c([2H])c([2H])c([2H])c32)c(-n2c3ccccc3c3c4c5ccccc5n(-c5ccccc5)c4ccc32)c(-n2c3c([2H])c([2H])c([2H])c([2H])c3c3c([2H])c([2H])c([2H])c([2H])c32)c1[N+]#[C-]. The van der Waals surface area contributed by atoms with Gasteiger partial charge in [-0.3, -0.25) is 0 Å². The second-order valence-electron chi connectivity index (χ2n) is 17.6. The monoisotopic (exact) mass is 977 g/mol. The van der Waals surface area contributed by atoms with Crippen LogP contribution in [0.15, 0.2) is 236 Å². The van der Waals surface area contributed by atoms with Gasteiger partial charge in [0.05, 0.1) is 123 Å². The Bertz CT molecular complexity index is 6250. The Morgan fingerprint density at radius 1 is 0.333 bits per heavy atom. The van der Waals surface area contributed by atoms with Crippen LogP contribution in [0.1, 0.15) is 38.5 Å². The van der Waals surface area contributed by atoms with Gasteiger partial charge >= 0.3 is 0 Å². The molecule has 0 spiro atoms. The van der Waals surface area contributed by atoms with E-state index in [0.717, 1.165) is 24.9 Å². The van der Waals surface area contributed by atoms with Crippen LogP contribution in [-0.4, -0.2) is 22.8 Å². The Balaban J connectivity index is 1.34. The number of nitriles is 1. The molecule has 5 aromatic heterocycles. The molecule has 0 saturated carbocycles. The molecule has 0 saturated heterocycles. The predicted molar refractivity (Wildman–Crippen MR) is 309 cm³/mol. The molecule has 7 heteroatoms. The average molecular weight is 978 g/mol. The van der Waals surface area contributed by atoms with Crippen LogP contribution in [0.4, 0.5) is 5.69 Å². The van der Waals surface area contributed by atoms with Gasteiger partial charge in [-0.25, -0.2) is 4.85 Å². The van der Waals surface area contributed by atoms with E-state index in [2.05, 4.69) is 10.9 Å². The van der Waals surface area contributed by atoms with Crippen molar-refractivity contribution in [2.75, 3.05) is 0 Å². The van der Waals surface area contributed by atoms with Crippen molar-refractivity contribution in [3.63, 3.8) is 0 Å². The number of benzene rings is 11. The van der Waals surface area contributed by atoms with E-state index in [-0.39, 0.29) is 11.0 Å². The van der Waals surface area contributed by atoms with Gasteiger partial charge in [-0.2, -0.15) is 5.26 Å². The first-order valence-corrected chi connectivity index (χ1v) is 23.3. The lowest BCUT2D eigenvalue weighted by atomic mass is 10.0. The summed E-state index contributed by atoms with van der Waals surface area (Å²) in [4.78, 5) is 4.23. The fourth-order valence-corrected chi connectivity index (χ4v) is 11.3. The van der Waals surface area contributed by atoms with Crippen molar-refractivity contribution in [3.8, 4) is 34.5 Å². The minimum atomic E-state index is -0.958. The summed E-state index contributed by atoms with van der Waals surface area (Å²) in [5.74, 6) is 0. The molecule has 16 aromatic rings. The first-order chi connectivity index (χ1) is 47.2. The molecule has 0 amide bonds.